The van der Waals surface area contributed by atoms with Gasteiger partial charge in [-0.1, -0.05) is 147 Å². The minimum Gasteiger partial charge on any atom is -0.310 e. The maximum absolute atomic E-state index is 2.42. The van der Waals surface area contributed by atoms with Gasteiger partial charge in [0.2, 0.25) is 0 Å². The highest BCUT2D eigenvalue weighted by molar-refractivity contribution is 7.27. The van der Waals surface area contributed by atoms with Gasteiger partial charge in [0.25, 0.3) is 0 Å². The van der Waals surface area contributed by atoms with Crippen LogP contribution in [0.2, 0.25) is 0 Å². The van der Waals surface area contributed by atoms with E-state index in [1.807, 2.05) is 11.3 Å². The molecule has 12 rings (SSSR count). The molecular weight excluding hydrogens is 721 g/mol. The van der Waals surface area contributed by atoms with E-state index in [9.17, 15) is 0 Å². The Balaban J connectivity index is 0.996. The van der Waals surface area contributed by atoms with E-state index in [1.165, 1.54) is 86.1 Å². The van der Waals surface area contributed by atoms with Gasteiger partial charge in [-0.3, -0.25) is 0 Å². The van der Waals surface area contributed by atoms with Crippen molar-refractivity contribution in [1.29, 1.82) is 0 Å². The van der Waals surface area contributed by atoms with Crippen LogP contribution in [-0.4, -0.2) is 4.57 Å². The van der Waals surface area contributed by atoms with Crippen LogP contribution in [0.25, 0.3) is 80.7 Å². The third-order valence-electron chi connectivity index (χ3n) is 12.6. The maximum atomic E-state index is 2.42. The number of hydrogen-bond donors (Lipinski definition) is 0. The van der Waals surface area contributed by atoms with Crippen LogP contribution in [0, 0.1) is 0 Å². The standard InChI is InChI=1S/C55H38N2S/c1-55(2)49-19-8-5-14-43(49)44-33-31-40(34-50(44)55)56(38-27-29-39(30-28-38)57-51-20-9-6-15-45(51)46-16-7-10-21-52(46)57)37-25-22-36(23-26-37)42-17-11-18-47-48-32-24-35-12-3-4-13-41(35)54(48)58-53(42)47/h3-34H,1-2H3. The minimum absolute atomic E-state index is 0.105. The first-order chi connectivity index (χ1) is 28.5. The van der Waals surface area contributed by atoms with Crippen LogP contribution < -0.4 is 4.90 Å². The van der Waals surface area contributed by atoms with Crippen molar-refractivity contribution in [1.82, 2.24) is 4.57 Å². The summed E-state index contributed by atoms with van der Waals surface area (Å²) in [5.41, 5.74) is 14.8. The Morgan fingerprint density at radius 3 is 1.74 bits per heavy atom. The van der Waals surface area contributed by atoms with E-state index in [-0.39, 0.29) is 5.41 Å². The minimum atomic E-state index is -0.105. The van der Waals surface area contributed by atoms with Gasteiger partial charge in [-0.25, -0.2) is 0 Å². The Hall–Kier alpha value is -6.94. The number of anilines is 3. The highest BCUT2D eigenvalue weighted by atomic mass is 32.1. The fourth-order valence-corrected chi connectivity index (χ4v) is 11.1. The van der Waals surface area contributed by atoms with Crippen molar-refractivity contribution in [2.75, 3.05) is 4.90 Å². The van der Waals surface area contributed by atoms with Crippen LogP contribution in [0.15, 0.2) is 194 Å². The van der Waals surface area contributed by atoms with Gasteiger partial charge in [-0.2, -0.15) is 0 Å². The fraction of sp³-hybridized carbons (Fsp3) is 0.0545. The molecule has 2 heterocycles. The summed E-state index contributed by atoms with van der Waals surface area (Å²) in [5, 5.41) is 7.79. The van der Waals surface area contributed by atoms with E-state index in [0.29, 0.717) is 0 Å². The Morgan fingerprint density at radius 2 is 0.983 bits per heavy atom. The molecule has 0 saturated carbocycles. The van der Waals surface area contributed by atoms with Gasteiger partial charge in [0.1, 0.15) is 0 Å². The van der Waals surface area contributed by atoms with Crippen molar-refractivity contribution in [3.05, 3.63) is 205 Å². The van der Waals surface area contributed by atoms with Crippen LogP contribution in [0.4, 0.5) is 17.1 Å². The first-order valence-electron chi connectivity index (χ1n) is 20.1. The molecule has 2 aromatic heterocycles. The van der Waals surface area contributed by atoms with E-state index < -0.39 is 0 Å². The third kappa shape index (κ3) is 4.84. The molecule has 11 aromatic rings. The highest BCUT2D eigenvalue weighted by Gasteiger charge is 2.35. The van der Waals surface area contributed by atoms with Crippen molar-refractivity contribution < 1.29 is 0 Å². The van der Waals surface area contributed by atoms with E-state index in [1.54, 1.807) is 0 Å². The summed E-state index contributed by atoms with van der Waals surface area (Å²) in [6, 6.07) is 71.7. The first-order valence-corrected chi connectivity index (χ1v) is 20.9. The Morgan fingerprint density at radius 1 is 0.414 bits per heavy atom. The molecule has 274 valence electrons. The Bertz CT molecular complexity index is 3370. The number of thiophene rings is 1. The molecule has 0 radical (unpaired) electrons. The van der Waals surface area contributed by atoms with Gasteiger partial charge >= 0.3 is 0 Å². The van der Waals surface area contributed by atoms with Crippen molar-refractivity contribution in [2.24, 2.45) is 0 Å². The molecule has 58 heavy (non-hydrogen) atoms. The summed E-state index contributed by atoms with van der Waals surface area (Å²) in [6.07, 6.45) is 0. The molecule has 3 heteroatoms. The summed E-state index contributed by atoms with van der Waals surface area (Å²) >= 11 is 1.91. The summed E-state index contributed by atoms with van der Waals surface area (Å²) in [4.78, 5) is 2.42. The lowest BCUT2D eigenvalue weighted by Crippen LogP contribution is -2.16. The number of rotatable bonds is 5. The molecule has 0 unspecified atom stereocenters. The van der Waals surface area contributed by atoms with E-state index in [2.05, 4.69) is 217 Å². The lowest BCUT2D eigenvalue weighted by atomic mass is 9.82. The number of hydrogen-bond acceptors (Lipinski definition) is 2. The second-order valence-corrected chi connectivity index (χ2v) is 17.1. The predicted octanol–water partition coefficient (Wildman–Crippen LogP) is 15.7. The van der Waals surface area contributed by atoms with Crippen LogP contribution in [0.5, 0.6) is 0 Å². The van der Waals surface area contributed by atoms with Crippen LogP contribution in [0.1, 0.15) is 25.0 Å². The maximum Gasteiger partial charge on any atom is 0.0541 e. The lowest BCUT2D eigenvalue weighted by molar-refractivity contribution is 0.660. The van der Waals surface area contributed by atoms with Crippen molar-refractivity contribution in [3.63, 3.8) is 0 Å². The van der Waals surface area contributed by atoms with Gasteiger partial charge in [0.15, 0.2) is 0 Å². The number of nitrogens with zero attached hydrogens (tertiary/aromatic N) is 2. The van der Waals surface area contributed by atoms with E-state index in [4.69, 9.17) is 0 Å². The topological polar surface area (TPSA) is 8.17 Å². The normalized spacial score (nSPS) is 13.1. The van der Waals surface area contributed by atoms with Gasteiger partial charge in [0, 0.05) is 59.1 Å². The number of aromatic nitrogens is 1. The molecule has 9 aromatic carbocycles. The second kappa shape index (κ2) is 12.5. The molecule has 0 bridgehead atoms. The zero-order valence-corrected chi connectivity index (χ0v) is 33.1. The Kier molecular flexibility index (Phi) is 7.18. The molecule has 2 nitrogen and oxygen atoms in total. The zero-order chi connectivity index (χ0) is 38.5. The quantitative estimate of drug-likeness (QED) is 0.170. The molecule has 0 atom stereocenters. The summed E-state index contributed by atoms with van der Waals surface area (Å²) < 4.78 is 5.08. The molecule has 0 fully saturated rings. The average Bonchev–Trinajstić information content (AvgIpc) is 3.90. The van der Waals surface area contributed by atoms with Crippen molar-refractivity contribution >= 4 is 81.1 Å². The fourth-order valence-electron chi connectivity index (χ4n) is 9.77. The number of para-hydroxylation sites is 2. The highest BCUT2D eigenvalue weighted by Crippen LogP contribution is 2.51. The molecular formula is C55H38N2S. The molecule has 1 aliphatic rings. The van der Waals surface area contributed by atoms with Crippen LogP contribution in [0.3, 0.4) is 0 Å². The zero-order valence-electron chi connectivity index (χ0n) is 32.3. The molecule has 0 N–H and O–H groups in total. The lowest BCUT2D eigenvalue weighted by Gasteiger charge is -2.28. The van der Waals surface area contributed by atoms with E-state index in [0.717, 1.165) is 22.7 Å². The first kappa shape index (κ1) is 33.2. The van der Waals surface area contributed by atoms with Gasteiger partial charge < -0.3 is 9.47 Å². The molecule has 0 saturated heterocycles. The Labute approximate surface area is 341 Å². The largest absolute Gasteiger partial charge is 0.310 e. The number of benzene rings is 9. The summed E-state index contributed by atoms with van der Waals surface area (Å²) in [6.45, 7) is 4.72. The monoisotopic (exact) mass is 758 g/mol. The van der Waals surface area contributed by atoms with Gasteiger partial charge in [-0.05, 0) is 105 Å². The van der Waals surface area contributed by atoms with Crippen LogP contribution in [-0.2, 0) is 5.41 Å². The average molecular weight is 759 g/mol. The molecule has 1 aliphatic carbocycles. The van der Waals surface area contributed by atoms with Crippen molar-refractivity contribution in [2.45, 2.75) is 19.3 Å². The number of fused-ring (bicyclic) bond motifs is 11. The smallest absolute Gasteiger partial charge is 0.0541 e. The van der Waals surface area contributed by atoms with Gasteiger partial charge in [0.05, 0.1) is 11.0 Å². The van der Waals surface area contributed by atoms with E-state index >= 15 is 0 Å². The van der Waals surface area contributed by atoms with Crippen molar-refractivity contribution in [3.8, 4) is 27.9 Å². The molecule has 0 spiro atoms. The third-order valence-corrected chi connectivity index (χ3v) is 13.9. The SMILES string of the molecule is CC1(C)c2ccccc2-c2ccc(N(c3ccc(-c4cccc5c4sc4c6ccccc6ccc54)cc3)c3ccc(-n4c5ccccc5c5ccccc54)cc3)cc21. The predicted molar refractivity (Wildman–Crippen MR) is 249 cm³/mol. The molecule has 0 amide bonds. The summed E-state index contributed by atoms with van der Waals surface area (Å²) in [7, 11) is 0. The van der Waals surface area contributed by atoms with Crippen LogP contribution >= 0.6 is 11.3 Å². The van der Waals surface area contributed by atoms with Gasteiger partial charge in [-0.15, -0.1) is 11.3 Å². The second-order valence-electron chi connectivity index (χ2n) is 16.1. The molecule has 0 aliphatic heterocycles. The summed E-state index contributed by atoms with van der Waals surface area (Å²) in [5.74, 6) is 0.